The number of para-hydroxylation sites is 1. The smallest absolute Gasteiger partial charge is 0.263 e. The van der Waals surface area contributed by atoms with Crippen LogP contribution in [-0.4, -0.2) is 52.8 Å². The molecule has 0 saturated carbocycles. The number of thiophene rings is 1. The lowest BCUT2D eigenvalue weighted by Crippen LogP contribution is -2.36. The third kappa shape index (κ3) is 4.43. The highest BCUT2D eigenvalue weighted by Gasteiger charge is 2.30. The van der Waals surface area contributed by atoms with E-state index in [9.17, 15) is 9.59 Å². The van der Waals surface area contributed by atoms with Gasteiger partial charge in [0.25, 0.3) is 5.56 Å². The number of aryl methyl sites for hydroxylation is 2. The van der Waals surface area contributed by atoms with Crippen molar-refractivity contribution in [1.29, 1.82) is 0 Å². The van der Waals surface area contributed by atoms with Crippen LogP contribution in [0, 0.1) is 0 Å². The van der Waals surface area contributed by atoms with Gasteiger partial charge in [-0.25, -0.2) is 4.98 Å². The molecule has 5 rings (SSSR count). The summed E-state index contributed by atoms with van der Waals surface area (Å²) < 4.78 is 1.83. The fraction of sp³-hybridized carbons (Fsp3) is 0.500. The molecule has 0 saturated heterocycles. The summed E-state index contributed by atoms with van der Waals surface area (Å²) in [5.41, 5.74) is 3.52. The molecule has 1 aliphatic heterocycles. The minimum Gasteiger partial charge on any atom is -0.311 e. The highest BCUT2D eigenvalue weighted by atomic mass is 32.2. The number of nitrogens with zero attached hydrogens (tertiary/aromatic N) is 4. The summed E-state index contributed by atoms with van der Waals surface area (Å²) in [6, 6.07) is 8.13. The number of anilines is 1. The fourth-order valence-corrected chi connectivity index (χ4v) is 7.35. The van der Waals surface area contributed by atoms with Gasteiger partial charge in [-0.05, 0) is 83.3 Å². The number of fused-ring (bicyclic) bond motifs is 4. The first-order valence-electron chi connectivity index (χ1n) is 12.2. The van der Waals surface area contributed by atoms with Crippen LogP contribution in [0.2, 0.25) is 0 Å². The lowest BCUT2D eigenvalue weighted by atomic mass is 9.97. The van der Waals surface area contributed by atoms with E-state index in [-0.39, 0.29) is 16.7 Å². The van der Waals surface area contributed by atoms with Crippen LogP contribution in [-0.2, 0) is 30.6 Å². The first-order valence-corrected chi connectivity index (χ1v) is 13.9. The van der Waals surface area contributed by atoms with Gasteiger partial charge in [0.2, 0.25) is 5.91 Å². The van der Waals surface area contributed by atoms with Crippen molar-refractivity contribution < 1.29 is 4.79 Å². The maximum absolute atomic E-state index is 13.7. The van der Waals surface area contributed by atoms with Gasteiger partial charge in [0.05, 0.1) is 10.6 Å². The topological polar surface area (TPSA) is 58.4 Å². The Balaban J connectivity index is 1.47. The second kappa shape index (κ2) is 9.84. The number of amides is 1. The predicted molar refractivity (Wildman–Crippen MR) is 142 cm³/mol. The molecule has 1 unspecified atom stereocenters. The molecule has 0 spiro atoms. The van der Waals surface area contributed by atoms with E-state index >= 15 is 0 Å². The molecule has 6 nitrogen and oxygen atoms in total. The number of thioether (sulfide) groups is 1. The molecular weight excluding hydrogens is 464 g/mol. The van der Waals surface area contributed by atoms with E-state index in [0.717, 1.165) is 54.6 Å². The average molecular weight is 497 g/mol. The van der Waals surface area contributed by atoms with Gasteiger partial charge >= 0.3 is 0 Å². The van der Waals surface area contributed by atoms with Crippen LogP contribution in [0.25, 0.3) is 10.2 Å². The van der Waals surface area contributed by atoms with Crippen molar-refractivity contribution in [2.45, 2.75) is 62.4 Å². The van der Waals surface area contributed by atoms with Crippen molar-refractivity contribution in [1.82, 2.24) is 14.5 Å². The van der Waals surface area contributed by atoms with Crippen LogP contribution in [0.15, 0.2) is 34.2 Å². The zero-order valence-corrected chi connectivity index (χ0v) is 21.8. The van der Waals surface area contributed by atoms with Crippen LogP contribution in [0.1, 0.15) is 42.2 Å². The average Bonchev–Trinajstić information content (AvgIpc) is 3.41. The molecule has 1 atom stereocenters. The van der Waals surface area contributed by atoms with Gasteiger partial charge in [-0.1, -0.05) is 30.0 Å². The van der Waals surface area contributed by atoms with E-state index in [2.05, 4.69) is 11.0 Å². The summed E-state index contributed by atoms with van der Waals surface area (Å²) in [7, 11) is 4.09. The van der Waals surface area contributed by atoms with Crippen LogP contribution in [0.5, 0.6) is 0 Å². The molecule has 2 aromatic heterocycles. The minimum atomic E-state index is -0.329. The molecule has 0 radical (unpaired) electrons. The molecule has 0 bridgehead atoms. The van der Waals surface area contributed by atoms with Gasteiger partial charge in [0.15, 0.2) is 5.16 Å². The monoisotopic (exact) mass is 496 g/mol. The maximum Gasteiger partial charge on any atom is 0.263 e. The molecule has 1 aromatic carbocycles. The number of hydrogen-bond donors (Lipinski definition) is 0. The molecule has 180 valence electrons. The summed E-state index contributed by atoms with van der Waals surface area (Å²) in [6.45, 7) is 4.16. The Morgan fingerprint density at radius 1 is 1.21 bits per heavy atom. The number of rotatable bonds is 7. The quantitative estimate of drug-likeness (QED) is 0.359. The molecule has 2 aliphatic rings. The third-order valence-electron chi connectivity index (χ3n) is 6.81. The highest BCUT2D eigenvalue weighted by Crippen LogP contribution is 2.36. The van der Waals surface area contributed by atoms with Crippen LogP contribution >= 0.6 is 23.1 Å². The zero-order valence-electron chi connectivity index (χ0n) is 20.2. The van der Waals surface area contributed by atoms with Crippen molar-refractivity contribution in [2.75, 3.05) is 32.1 Å². The minimum absolute atomic E-state index is 0.0665. The second-order valence-electron chi connectivity index (χ2n) is 9.53. The number of benzene rings is 1. The van der Waals surface area contributed by atoms with E-state index < -0.39 is 0 Å². The fourth-order valence-electron chi connectivity index (χ4n) is 5.05. The zero-order chi connectivity index (χ0) is 23.8. The number of carbonyl (C=O) groups is 1. The van der Waals surface area contributed by atoms with Crippen LogP contribution in [0.3, 0.4) is 0 Å². The van der Waals surface area contributed by atoms with E-state index in [4.69, 9.17) is 4.98 Å². The van der Waals surface area contributed by atoms with E-state index in [1.807, 2.05) is 48.7 Å². The molecule has 1 aliphatic carbocycles. The Bertz CT molecular complexity index is 1280. The van der Waals surface area contributed by atoms with E-state index in [1.54, 1.807) is 11.3 Å². The Hall–Kier alpha value is -2.16. The molecule has 0 N–H and O–H groups in total. The van der Waals surface area contributed by atoms with E-state index in [1.165, 1.54) is 34.2 Å². The molecule has 8 heteroatoms. The number of hydrogen-bond acceptors (Lipinski definition) is 6. The van der Waals surface area contributed by atoms with Gasteiger partial charge < -0.3 is 9.80 Å². The van der Waals surface area contributed by atoms with Gasteiger partial charge in [-0.3, -0.25) is 14.2 Å². The lowest BCUT2D eigenvalue weighted by molar-refractivity contribution is -0.117. The first-order chi connectivity index (χ1) is 16.4. The third-order valence-corrected chi connectivity index (χ3v) is 9.07. The Kier molecular flexibility index (Phi) is 6.82. The number of carbonyl (C=O) groups excluding carboxylic acids is 1. The molecule has 0 fully saturated rings. The van der Waals surface area contributed by atoms with Crippen LogP contribution in [0.4, 0.5) is 5.69 Å². The van der Waals surface area contributed by atoms with Crippen molar-refractivity contribution >= 4 is 44.9 Å². The molecule has 3 aromatic rings. The van der Waals surface area contributed by atoms with Crippen molar-refractivity contribution in [3.8, 4) is 0 Å². The van der Waals surface area contributed by atoms with Crippen LogP contribution < -0.4 is 10.5 Å². The first kappa shape index (κ1) is 23.6. The molecular formula is C26H32N4O2S2. The standard InChI is InChI=1S/C26H32N4O2S2/c1-17(24(31)29-16-13-18-9-4-6-11-20(18)29)33-26-27-23-22(19-10-5-7-12-21(19)34-23)25(32)30(26)15-8-14-28(2)3/h4,6,9,11,17H,5,7-8,10,12-16H2,1-3H3. The highest BCUT2D eigenvalue weighted by molar-refractivity contribution is 8.00. The van der Waals surface area contributed by atoms with Crippen molar-refractivity contribution in [3.05, 3.63) is 50.6 Å². The van der Waals surface area contributed by atoms with Crippen molar-refractivity contribution in [3.63, 3.8) is 0 Å². The normalized spacial score (nSPS) is 16.2. The summed E-state index contributed by atoms with van der Waals surface area (Å²) in [5.74, 6) is 0.0783. The molecule has 34 heavy (non-hydrogen) atoms. The summed E-state index contributed by atoms with van der Waals surface area (Å²) in [6.07, 6.45) is 6.09. The summed E-state index contributed by atoms with van der Waals surface area (Å²) >= 11 is 3.10. The van der Waals surface area contributed by atoms with Gasteiger partial charge in [-0.15, -0.1) is 11.3 Å². The molecule has 1 amide bonds. The lowest BCUT2D eigenvalue weighted by Gasteiger charge is -2.22. The maximum atomic E-state index is 13.7. The predicted octanol–water partition coefficient (Wildman–Crippen LogP) is 4.36. The Morgan fingerprint density at radius 3 is 2.82 bits per heavy atom. The Labute approximate surface area is 209 Å². The SMILES string of the molecule is CC(Sc1nc2sc3c(c2c(=O)n1CCCN(C)C)CCCC3)C(=O)N1CCc2ccccc21. The second-order valence-corrected chi connectivity index (χ2v) is 11.9. The van der Waals surface area contributed by atoms with Gasteiger partial charge in [0, 0.05) is 23.7 Å². The van der Waals surface area contributed by atoms with Gasteiger partial charge in [-0.2, -0.15) is 0 Å². The summed E-state index contributed by atoms with van der Waals surface area (Å²) in [4.78, 5) is 38.3. The van der Waals surface area contributed by atoms with Crippen molar-refractivity contribution in [2.24, 2.45) is 0 Å². The van der Waals surface area contributed by atoms with Gasteiger partial charge in [0.1, 0.15) is 4.83 Å². The Morgan fingerprint density at radius 2 is 2.00 bits per heavy atom. The summed E-state index contributed by atoms with van der Waals surface area (Å²) in [5, 5.41) is 1.16. The molecule has 3 heterocycles. The van der Waals surface area contributed by atoms with E-state index in [0.29, 0.717) is 18.2 Å². The number of aromatic nitrogens is 2. The largest absolute Gasteiger partial charge is 0.311 e.